The molecule has 4 aromatic rings. The van der Waals surface area contributed by atoms with Gasteiger partial charge in [0.15, 0.2) is 5.16 Å². The van der Waals surface area contributed by atoms with E-state index in [4.69, 9.17) is 0 Å². The Labute approximate surface area is 179 Å². The lowest BCUT2D eigenvalue weighted by Crippen LogP contribution is -2.40. The van der Waals surface area contributed by atoms with Crippen LogP contribution in [0.1, 0.15) is 37.0 Å². The molecule has 30 heavy (non-hydrogen) atoms. The average molecular weight is 417 g/mol. The average Bonchev–Trinajstić information content (AvgIpc) is 3.20. The Morgan fingerprint density at radius 3 is 2.53 bits per heavy atom. The zero-order chi connectivity index (χ0) is 20.9. The lowest BCUT2D eigenvalue weighted by molar-refractivity contribution is 0.435. The maximum Gasteiger partial charge on any atom is 0.259 e. The predicted molar refractivity (Wildman–Crippen MR) is 121 cm³/mol. The summed E-state index contributed by atoms with van der Waals surface area (Å²) >= 11 is 1.56. The standard InChI is InChI=1S/C24H24N4OS/c1-4-24(2)14-17-12-8-9-13-18(17)20-19(24)21(29)27(15-16-10-6-5-7-11-16)22-25-26-23(30-3)28(20)22/h5-13H,4,14-15H2,1-3H3/t24-/m1/s1. The molecule has 0 N–H and O–H groups in total. The number of fused-ring (bicyclic) bond motifs is 5. The van der Waals surface area contributed by atoms with Crippen molar-refractivity contribution in [2.45, 2.75) is 43.8 Å². The molecule has 0 bridgehead atoms. The van der Waals surface area contributed by atoms with Gasteiger partial charge in [-0.25, -0.2) is 0 Å². The van der Waals surface area contributed by atoms with Crippen molar-refractivity contribution < 1.29 is 0 Å². The first-order valence-corrected chi connectivity index (χ1v) is 11.5. The first-order chi connectivity index (χ1) is 14.6. The molecular formula is C24H24N4OS. The van der Waals surface area contributed by atoms with Crippen LogP contribution in [0.5, 0.6) is 0 Å². The molecule has 0 unspecified atom stereocenters. The molecule has 6 heteroatoms. The van der Waals surface area contributed by atoms with E-state index >= 15 is 0 Å². The minimum Gasteiger partial charge on any atom is -0.272 e. The summed E-state index contributed by atoms with van der Waals surface area (Å²) in [5.41, 5.74) is 5.10. The van der Waals surface area contributed by atoms with E-state index in [-0.39, 0.29) is 11.0 Å². The van der Waals surface area contributed by atoms with Crippen LogP contribution in [0.25, 0.3) is 17.0 Å². The Hall–Kier alpha value is -2.86. The highest BCUT2D eigenvalue weighted by Crippen LogP contribution is 2.44. The van der Waals surface area contributed by atoms with E-state index in [1.54, 1.807) is 16.3 Å². The summed E-state index contributed by atoms with van der Waals surface area (Å²) in [5, 5.41) is 9.69. The smallest absolute Gasteiger partial charge is 0.259 e. The van der Waals surface area contributed by atoms with Gasteiger partial charge >= 0.3 is 0 Å². The number of hydrogen-bond acceptors (Lipinski definition) is 4. The normalized spacial score (nSPS) is 17.7. The van der Waals surface area contributed by atoms with Crippen LogP contribution in [0.3, 0.4) is 0 Å². The molecular weight excluding hydrogens is 392 g/mol. The molecule has 0 amide bonds. The minimum atomic E-state index is -0.243. The van der Waals surface area contributed by atoms with Crippen LogP contribution in [-0.2, 0) is 18.4 Å². The van der Waals surface area contributed by atoms with E-state index in [2.05, 4.69) is 46.6 Å². The van der Waals surface area contributed by atoms with Crippen molar-refractivity contribution in [1.82, 2.24) is 19.2 Å². The van der Waals surface area contributed by atoms with Crippen LogP contribution >= 0.6 is 11.8 Å². The Balaban J connectivity index is 1.92. The van der Waals surface area contributed by atoms with Gasteiger partial charge in [0.05, 0.1) is 12.2 Å². The first-order valence-electron chi connectivity index (χ1n) is 10.3. The summed E-state index contributed by atoms with van der Waals surface area (Å²) in [6.45, 7) is 4.86. The second-order valence-corrected chi connectivity index (χ2v) is 8.94. The molecule has 5 rings (SSSR count). The van der Waals surface area contributed by atoms with Crippen molar-refractivity contribution in [1.29, 1.82) is 0 Å². The maximum atomic E-state index is 14.0. The highest BCUT2D eigenvalue weighted by molar-refractivity contribution is 7.98. The number of thioether (sulfide) groups is 1. The number of rotatable bonds is 4. The molecule has 2 aromatic carbocycles. The summed E-state index contributed by atoms with van der Waals surface area (Å²) in [6.07, 6.45) is 3.75. The molecule has 152 valence electrons. The quantitative estimate of drug-likeness (QED) is 0.458. The maximum absolute atomic E-state index is 14.0. The third-order valence-corrected chi connectivity index (χ3v) is 7.01. The Bertz CT molecular complexity index is 1310. The molecule has 0 saturated carbocycles. The van der Waals surface area contributed by atoms with Gasteiger partial charge in [-0.2, -0.15) is 0 Å². The van der Waals surface area contributed by atoms with Crippen LogP contribution in [0.15, 0.2) is 64.5 Å². The molecule has 0 fully saturated rings. The number of nitrogens with zero attached hydrogens (tertiary/aromatic N) is 4. The van der Waals surface area contributed by atoms with Crippen LogP contribution in [-0.4, -0.2) is 25.4 Å². The number of aromatic nitrogens is 4. The van der Waals surface area contributed by atoms with Gasteiger partial charge in [0.25, 0.3) is 5.56 Å². The van der Waals surface area contributed by atoms with Crippen molar-refractivity contribution in [2.75, 3.05) is 6.26 Å². The van der Waals surface area contributed by atoms with Gasteiger partial charge in [0.1, 0.15) is 0 Å². The molecule has 1 atom stereocenters. The highest BCUT2D eigenvalue weighted by atomic mass is 32.2. The number of benzene rings is 2. The van der Waals surface area contributed by atoms with Crippen molar-refractivity contribution in [3.63, 3.8) is 0 Å². The SMILES string of the molecule is CC[C@]1(C)Cc2ccccc2-c2c1c(=O)n(Cc1ccccc1)c1nnc(SC)n21. The molecule has 1 aliphatic carbocycles. The lowest BCUT2D eigenvalue weighted by Gasteiger charge is -2.36. The molecule has 1 aliphatic rings. The van der Waals surface area contributed by atoms with Gasteiger partial charge in [-0.05, 0) is 30.2 Å². The Kier molecular flexibility index (Phi) is 4.54. The first kappa shape index (κ1) is 19.1. The largest absolute Gasteiger partial charge is 0.272 e. The molecule has 2 aromatic heterocycles. The fraction of sp³-hybridized carbons (Fsp3) is 0.292. The number of hydrogen-bond donors (Lipinski definition) is 0. The van der Waals surface area contributed by atoms with E-state index in [1.807, 2.05) is 42.7 Å². The predicted octanol–water partition coefficient (Wildman–Crippen LogP) is 4.55. The Morgan fingerprint density at radius 2 is 1.80 bits per heavy atom. The van der Waals surface area contributed by atoms with Crippen LogP contribution < -0.4 is 5.56 Å². The zero-order valence-electron chi connectivity index (χ0n) is 17.4. The molecule has 0 saturated heterocycles. The van der Waals surface area contributed by atoms with Crippen molar-refractivity contribution >= 4 is 17.5 Å². The second-order valence-electron chi connectivity index (χ2n) is 8.17. The van der Waals surface area contributed by atoms with Crippen LogP contribution in [0.4, 0.5) is 0 Å². The fourth-order valence-corrected chi connectivity index (χ4v) is 5.11. The van der Waals surface area contributed by atoms with Crippen molar-refractivity contribution in [2.24, 2.45) is 0 Å². The summed E-state index contributed by atoms with van der Waals surface area (Å²) in [4.78, 5) is 14.0. The lowest BCUT2D eigenvalue weighted by atomic mass is 9.69. The zero-order valence-corrected chi connectivity index (χ0v) is 18.2. The Morgan fingerprint density at radius 1 is 1.07 bits per heavy atom. The van der Waals surface area contributed by atoms with E-state index in [0.29, 0.717) is 12.3 Å². The molecule has 5 nitrogen and oxygen atoms in total. The molecule has 0 spiro atoms. The van der Waals surface area contributed by atoms with Gasteiger partial charge < -0.3 is 0 Å². The van der Waals surface area contributed by atoms with Crippen LogP contribution in [0, 0.1) is 0 Å². The van der Waals surface area contributed by atoms with E-state index in [0.717, 1.165) is 40.4 Å². The van der Waals surface area contributed by atoms with Gasteiger partial charge in [-0.3, -0.25) is 13.8 Å². The van der Waals surface area contributed by atoms with E-state index in [1.165, 1.54) is 5.56 Å². The van der Waals surface area contributed by atoms with Crippen LogP contribution in [0.2, 0.25) is 0 Å². The van der Waals surface area contributed by atoms with Gasteiger partial charge in [0.2, 0.25) is 5.78 Å². The minimum absolute atomic E-state index is 0.0419. The molecule has 2 heterocycles. The monoisotopic (exact) mass is 416 g/mol. The fourth-order valence-electron chi connectivity index (χ4n) is 4.63. The highest BCUT2D eigenvalue weighted by Gasteiger charge is 2.39. The van der Waals surface area contributed by atoms with Crippen molar-refractivity contribution in [3.8, 4) is 11.3 Å². The van der Waals surface area contributed by atoms with Gasteiger partial charge in [-0.15, -0.1) is 10.2 Å². The molecule has 0 aliphatic heterocycles. The summed E-state index contributed by atoms with van der Waals surface area (Å²) < 4.78 is 3.89. The van der Waals surface area contributed by atoms with E-state index < -0.39 is 0 Å². The third kappa shape index (κ3) is 2.74. The summed E-state index contributed by atoms with van der Waals surface area (Å²) in [5.74, 6) is 0.599. The molecule has 0 radical (unpaired) electrons. The van der Waals surface area contributed by atoms with Gasteiger partial charge in [0, 0.05) is 16.5 Å². The third-order valence-electron chi connectivity index (χ3n) is 6.38. The van der Waals surface area contributed by atoms with E-state index in [9.17, 15) is 4.79 Å². The summed E-state index contributed by atoms with van der Waals surface area (Å²) in [7, 11) is 0. The second kappa shape index (κ2) is 7.13. The van der Waals surface area contributed by atoms with Crippen molar-refractivity contribution in [3.05, 3.63) is 81.6 Å². The topological polar surface area (TPSA) is 52.2 Å². The van der Waals surface area contributed by atoms with Gasteiger partial charge in [-0.1, -0.05) is 80.2 Å². The summed E-state index contributed by atoms with van der Waals surface area (Å²) in [6, 6.07) is 18.5.